The summed E-state index contributed by atoms with van der Waals surface area (Å²) in [5, 5.41) is 2.61. The number of hydrogen-bond donors (Lipinski definition) is 1. The number of nitrogens with one attached hydrogen (secondary N) is 1. The van der Waals surface area contributed by atoms with Gasteiger partial charge < -0.3 is 14.8 Å². The molecule has 7 nitrogen and oxygen atoms in total. The first-order valence-electron chi connectivity index (χ1n) is 10.5. The Morgan fingerprint density at radius 2 is 1.36 bits per heavy atom. The van der Waals surface area contributed by atoms with Gasteiger partial charge in [0.05, 0.1) is 25.6 Å². The highest BCUT2D eigenvalue weighted by molar-refractivity contribution is 5.94. The van der Waals surface area contributed by atoms with Crippen molar-refractivity contribution < 1.29 is 28.7 Å². The van der Waals surface area contributed by atoms with Crippen LogP contribution in [0.1, 0.15) is 85.5 Å². The van der Waals surface area contributed by atoms with Crippen LogP contribution in [0.4, 0.5) is 0 Å². The normalized spacial score (nSPS) is 12.7. The van der Waals surface area contributed by atoms with Gasteiger partial charge in [-0.15, -0.1) is 0 Å². The third-order valence-electron chi connectivity index (χ3n) is 4.25. The van der Waals surface area contributed by atoms with Crippen LogP contribution in [0.25, 0.3) is 0 Å². The van der Waals surface area contributed by atoms with Gasteiger partial charge in [0.15, 0.2) is 0 Å². The molecule has 0 aliphatic carbocycles. The fraction of sp³-hybridized carbons (Fsp3) is 0.810. The van der Waals surface area contributed by atoms with Crippen LogP contribution >= 0.6 is 0 Å². The molecule has 0 heterocycles. The molecule has 0 saturated heterocycles. The number of unbranched alkanes of at least 4 members (excludes halogenated alkanes) is 2. The fourth-order valence-electron chi connectivity index (χ4n) is 2.62. The topological polar surface area (TPSA) is 98.8 Å². The second-order valence-electron chi connectivity index (χ2n) is 6.92. The molecule has 0 aromatic rings. The number of hydrogen-bond acceptors (Lipinski definition) is 6. The van der Waals surface area contributed by atoms with E-state index in [4.69, 9.17) is 9.47 Å². The van der Waals surface area contributed by atoms with Gasteiger partial charge in [-0.2, -0.15) is 0 Å². The summed E-state index contributed by atoms with van der Waals surface area (Å²) in [4.78, 5) is 49.6. The van der Waals surface area contributed by atoms with E-state index in [1.54, 1.807) is 0 Å². The van der Waals surface area contributed by atoms with E-state index >= 15 is 0 Å². The molecule has 0 rings (SSSR count). The number of esters is 2. The Hall–Kier alpha value is -1.92. The van der Waals surface area contributed by atoms with Crippen LogP contribution in [-0.2, 0) is 28.7 Å². The van der Waals surface area contributed by atoms with E-state index < -0.39 is 23.9 Å². The zero-order valence-electron chi connectivity index (χ0n) is 17.9. The predicted octanol–water partition coefficient (Wildman–Crippen LogP) is 3.33. The van der Waals surface area contributed by atoms with Crippen molar-refractivity contribution in [2.75, 3.05) is 13.2 Å². The highest BCUT2D eigenvalue weighted by atomic mass is 16.5. The van der Waals surface area contributed by atoms with Crippen LogP contribution in [0.3, 0.4) is 0 Å². The lowest BCUT2D eigenvalue weighted by Crippen LogP contribution is -2.50. The summed E-state index contributed by atoms with van der Waals surface area (Å²) < 4.78 is 10.4. The van der Waals surface area contributed by atoms with Gasteiger partial charge in [0.25, 0.3) is 0 Å². The molecule has 162 valence electrons. The van der Waals surface area contributed by atoms with Crippen molar-refractivity contribution in [3.05, 3.63) is 0 Å². The highest BCUT2D eigenvalue weighted by Gasteiger charge is 2.37. The molecular weight excluding hydrogens is 362 g/mol. The molecule has 0 spiro atoms. The molecule has 0 aromatic heterocycles. The van der Waals surface area contributed by atoms with Crippen molar-refractivity contribution in [3.8, 4) is 0 Å². The van der Waals surface area contributed by atoms with Crippen molar-refractivity contribution in [1.82, 2.24) is 5.32 Å². The Balaban J connectivity index is 5.39. The molecule has 0 aliphatic heterocycles. The zero-order valence-corrected chi connectivity index (χ0v) is 17.9. The summed E-state index contributed by atoms with van der Waals surface area (Å²) >= 11 is 0. The molecule has 0 radical (unpaired) electrons. The fourth-order valence-corrected chi connectivity index (χ4v) is 2.62. The van der Waals surface area contributed by atoms with Gasteiger partial charge in [-0.3, -0.25) is 14.4 Å². The van der Waals surface area contributed by atoms with Gasteiger partial charge in [-0.05, 0) is 25.7 Å². The number of ketones is 1. The average Bonchev–Trinajstić information content (AvgIpc) is 2.65. The van der Waals surface area contributed by atoms with E-state index in [9.17, 15) is 19.2 Å². The Morgan fingerprint density at radius 1 is 0.786 bits per heavy atom. The van der Waals surface area contributed by atoms with Crippen molar-refractivity contribution >= 4 is 23.6 Å². The van der Waals surface area contributed by atoms with Crippen molar-refractivity contribution in [2.24, 2.45) is 5.92 Å². The quantitative estimate of drug-likeness (QED) is 0.316. The van der Waals surface area contributed by atoms with E-state index in [1.165, 1.54) is 0 Å². The minimum absolute atomic E-state index is 0.213. The highest BCUT2D eigenvalue weighted by Crippen LogP contribution is 2.18. The Bertz CT molecular complexity index is 491. The lowest BCUT2D eigenvalue weighted by molar-refractivity contribution is -0.154. The van der Waals surface area contributed by atoms with Crippen molar-refractivity contribution in [1.29, 1.82) is 0 Å². The van der Waals surface area contributed by atoms with E-state index in [0.717, 1.165) is 19.3 Å². The van der Waals surface area contributed by atoms with Gasteiger partial charge in [0.2, 0.25) is 5.91 Å². The lowest BCUT2D eigenvalue weighted by Gasteiger charge is -2.25. The Morgan fingerprint density at radius 3 is 1.89 bits per heavy atom. The summed E-state index contributed by atoms with van der Waals surface area (Å²) in [6, 6.07) is -1.17. The van der Waals surface area contributed by atoms with Gasteiger partial charge in [0.1, 0.15) is 11.8 Å². The molecule has 1 unspecified atom stereocenters. The molecule has 7 heteroatoms. The number of amides is 1. The molecule has 0 bridgehead atoms. The first-order valence-corrected chi connectivity index (χ1v) is 10.5. The van der Waals surface area contributed by atoms with Crippen LogP contribution in [-0.4, -0.2) is 42.9 Å². The molecule has 2 atom stereocenters. The zero-order chi connectivity index (χ0) is 21.4. The maximum Gasteiger partial charge on any atom is 0.329 e. The molecular formula is C21H37NO6. The number of carbonyl (C=O) groups excluding carboxylic acids is 4. The van der Waals surface area contributed by atoms with Crippen molar-refractivity contribution in [3.63, 3.8) is 0 Å². The van der Waals surface area contributed by atoms with Gasteiger partial charge >= 0.3 is 11.9 Å². The molecule has 0 fully saturated rings. The van der Waals surface area contributed by atoms with Crippen LogP contribution in [0.2, 0.25) is 0 Å². The summed E-state index contributed by atoms with van der Waals surface area (Å²) in [6.07, 6.45) is 4.54. The predicted molar refractivity (Wildman–Crippen MR) is 107 cm³/mol. The molecule has 1 N–H and O–H groups in total. The standard InChI is InChI=1S/C21H37NO6/c1-5-9-13-27-19(25)15-16(17(23)11-7-3)20(22-18(24)12-8-4)21(26)28-14-10-6-2/h16,20H,5-15H2,1-4H3,(H,22,24)/t16?,20-/m0/s1. The van der Waals surface area contributed by atoms with E-state index in [-0.39, 0.29) is 44.2 Å². The smallest absolute Gasteiger partial charge is 0.329 e. The van der Waals surface area contributed by atoms with E-state index in [1.807, 2.05) is 27.7 Å². The van der Waals surface area contributed by atoms with E-state index in [2.05, 4.69) is 5.32 Å². The Labute approximate surface area is 168 Å². The maximum atomic E-state index is 12.7. The second-order valence-corrected chi connectivity index (χ2v) is 6.92. The summed E-state index contributed by atoms with van der Waals surface area (Å²) in [5.74, 6) is -2.78. The molecule has 1 amide bonds. The number of rotatable bonds is 16. The summed E-state index contributed by atoms with van der Waals surface area (Å²) in [6.45, 7) is 8.13. The van der Waals surface area contributed by atoms with Gasteiger partial charge in [0, 0.05) is 12.8 Å². The van der Waals surface area contributed by atoms with Crippen LogP contribution < -0.4 is 5.32 Å². The van der Waals surface area contributed by atoms with Crippen LogP contribution in [0, 0.1) is 5.92 Å². The van der Waals surface area contributed by atoms with Gasteiger partial charge in [-0.1, -0.05) is 40.5 Å². The SMILES string of the molecule is CCCCOC(=O)CC(C(=O)CCC)[C@H](NC(=O)CCC)C(=O)OCCCC. The van der Waals surface area contributed by atoms with Crippen LogP contribution in [0.5, 0.6) is 0 Å². The number of carbonyl (C=O) groups is 4. The number of Topliss-reactive ketones (excluding diaryl/α,β-unsaturated/α-hetero) is 1. The molecule has 0 saturated carbocycles. The Kier molecular flexibility index (Phi) is 15.0. The third kappa shape index (κ3) is 11.0. The average molecular weight is 400 g/mol. The second kappa shape index (κ2) is 16.1. The van der Waals surface area contributed by atoms with Crippen LogP contribution in [0.15, 0.2) is 0 Å². The van der Waals surface area contributed by atoms with E-state index in [0.29, 0.717) is 19.3 Å². The summed E-state index contributed by atoms with van der Waals surface area (Å²) in [5.41, 5.74) is 0. The number of ether oxygens (including phenoxy) is 2. The molecule has 0 aliphatic rings. The first-order chi connectivity index (χ1) is 13.4. The third-order valence-corrected chi connectivity index (χ3v) is 4.25. The van der Waals surface area contributed by atoms with Crippen molar-refractivity contribution in [2.45, 2.75) is 91.5 Å². The largest absolute Gasteiger partial charge is 0.466 e. The molecule has 0 aromatic carbocycles. The molecule has 28 heavy (non-hydrogen) atoms. The monoisotopic (exact) mass is 399 g/mol. The first kappa shape index (κ1) is 26.1. The lowest BCUT2D eigenvalue weighted by atomic mass is 9.89. The maximum absolute atomic E-state index is 12.7. The minimum Gasteiger partial charge on any atom is -0.466 e. The minimum atomic E-state index is -1.17. The van der Waals surface area contributed by atoms with Gasteiger partial charge in [-0.25, -0.2) is 4.79 Å². The summed E-state index contributed by atoms with van der Waals surface area (Å²) in [7, 11) is 0.